The average Bonchev–Trinajstić information content (AvgIpc) is 2.52. The molecule has 6 heteroatoms. The van der Waals surface area contributed by atoms with Gasteiger partial charge in [-0.05, 0) is 19.1 Å². The number of carbonyl (C=O) groups is 1. The number of benzene rings is 1. The molecule has 1 aromatic rings. The van der Waals surface area contributed by atoms with Crippen molar-refractivity contribution in [2.45, 2.75) is 19.3 Å². The van der Waals surface area contributed by atoms with Gasteiger partial charge in [-0.3, -0.25) is 0 Å². The molecule has 1 aromatic carbocycles. The smallest absolute Gasteiger partial charge is 0.333 e. The molecule has 1 rings (SSSR count). The van der Waals surface area contributed by atoms with Crippen molar-refractivity contribution in [3.63, 3.8) is 0 Å². The van der Waals surface area contributed by atoms with Gasteiger partial charge in [-0.2, -0.15) is 0 Å². The first-order valence-corrected chi connectivity index (χ1v) is 6.77. The van der Waals surface area contributed by atoms with Gasteiger partial charge in [0.05, 0.1) is 0 Å². The molecule has 1 N–H and O–H groups in total. The van der Waals surface area contributed by atoms with Gasteiger partial charge in [-0.1, -0.05) is 18.7 Å². The lowest BCUT2D eigenvalue weighted by atomic mass is 10.2. The van der Waals surface area contributed by atoms with Crippen LogP contribution in [0.3, 0.4) is 0 Å². The fraction of sp³-hybridized carbons (Fsp3) is 0.438. The van der Waals surface area contributed by atoms with Crippen molar-refractivity contribution in [1.29, 1.82) is 0 Å². The van der Waals surface area contributed by atoms with Crippen molar-refractivity contribution in [3.8, 4) is 5.75 Å². The van der Waals surface area contributed by atoms with Crippen LogP contribution < -0.4 is 4.74 Å². The van der Waals surface area contributed by atoms with E-state index in [1.807, 2.05) is 0 Å². The van der Waals surface area contributed by atoms with E-state index in [0.717, 1.165) is 5.56 Å². The summed E-state index contributed by atoms with van der Waals surface area (Å²) in [5, 5.41) is 9.69. The number of carbonyl (C=O) groups excluding carboxylic acids is 1. The minimum absolute atomic E-state index is 0.0147. The molecule has 0 aliphatic heterocycles. The summed E-state index contributed by atoms with van der Waals surface area (Å²) in [5.41, 5.74) is 1.14. The summed E-state index contributed by atoms with van der Waals surface area (Å²) in [6.45, 7) is 4.87. The van der Waals surface area contributed by atoms with Gasteiger partial charge in [0, 0.05) is 25.4 Å². The van der Waals surface area contributed by atoms with E-state index >= 15 is 0 Å². The Morgan fingerprint density at radius 1 is 1.18 bits per heavy atom. The first-order chi connectivity index (χ1) is 10.5. The van der Waals surface area contributed by atoms with E-state index in [2.05, 4.69) is 6.58 Å². The Bertz CT molecular complexity index is 478. The number of aliphatic hydroxyl groups is 1. The number of rotatable bonds is 9. The molecule has 0 saturated heterocycles. The standard InChI is InChI=1S/C16H22O6/c1-11(2)15(18)22-10-13(17)9-21-14-7-5-12(6-8-14)16(19-3)20-4/h5-8,13,16-17H,1,9-10H2,2-4H3. The van der Waals surface area contributed by atoms with Gasteiger partial charge in [0.25, 0.3) is 0 Å². The molecule has 0 aliphatic rings. The Hall–Kier alpha value is -1.89. The third-order valence-corrected chi connectivity index (χ3v) is 2.78. The first-order valence-electron chi connectivity index (χ1n) is 6.77. The Balaban J connectivity index is 2.41. The van der Waals surface area contributed by atoms with Crippen LogP contribution in [0, 0.1) is 0 Å². The number of hydrogen-bond acceptors (Lipinski definition) is 6. The Labute approximate surface area is 130 Å². The zero-order valence-electron chi connectivity index (χ0n) is 13.1. The molecule has 0 amide bonds. The van der Waals surface area contributed by atoms with Gasteiger partial charge >= 0.3 is 5.97 Å². The van der Waals surface area contributed by atoms with Crippen LogP contribution in [0.15, 0.2) is 36.4 Å². The average molecular weight is 310 g/mol. The number of ether oxygens (including phenoxy) is 4. The van der Waals surface area contributed by atoms with E-state index < -0.39 is 18.4 Å². The van der Waals surface area contributed by atoms with Gasteiger partial charge < -0.3 is 24.1 Å². The zero-order chi connectivity index (χ0) is 16.5. The van der Waals surface area contributed by atoms with Gasteiger partial charge in [0.1, 0.15) is 25.1 Å². The van der Waals surface area contributed by atoms with Crippen LogP contribution in [-0.4, -0.2) is 44.6 Å². The number of hydrogen-bond donors (Lipinski definition) is 1. The number of aliphatic hydroxyl groups excluding tert-OH is 1. The summed E-state index contributed by atoms with van der Waals surface area (Å²) < 4.78 is 20.5. The third kappa shape index (κ3) is 5.85. The minimum atomic E-state index is -0.909. The van der Waals surface area contributed by atoms with Crippen molar-refractivity contribution < 1.29 is 28.8 Å². The molecule has 0 heterocycles. The third-order valence-electron chi connectivity index (χ3n) is 2.78. The fourth-order valence-corrected chi connectivity index (χ4v) is 1.63. The van der Waals surface area contributed by atoms with Crippen LogP contribution in [0.4, 0.5) is 0 Å². The van der Waals surface area contributed by atoms with Crippen LogP contribution in [0.1, 0.15) is 18.8 Å². The predicted octanol–water partition coefficient (Wildman–Crippen LogP) is 1.84. The highest BCUT2D eigenvalue weighted by Crippen LogP contribution is 2.20. The van der Waals surface area contributed by atoms with Crippen LogP contribution >= 0.6 is 0 Å². The van der Waals surface area contributed by atoms with Crippen molar-refractivity contribution in [3.05, 3.63) is 42.0 Å². The van der Waals surface area contributed by atoms with E-state index in [4.69, 9.17) is 18.9 Å². The molecule has 122 valence electrons. The molecule has 1 atom stereocenters. The van der Waals surface area contributed by atoms with Crippen molar-refractivity contribution in [2.75, 3.05) is 27.4 Å². The van der Waals surface area contributed by atoms with E-state index in [0.29, 0.717) is 5.75 Å². The van der Waals surface area contributed by atoms with Gasteiger partial charge in [-0.15, -0.1) is 0 Å². The highest BCUT2D eigenvalue weighted by atomic mass is 16.7. The van der Waals surface area contributed by atoms with Gasteiger partial charge in [0.2, 0.25) is 0 Å². The van der Waals surface area contributed by atoms with Crippen molar-refractivity contribution in [2.24, 2.45) is 0 Å². The molecule has 0 fully saturated rings. The number of methoxy groups -OCH3 is 2. The van der Waals surface area contributed by atoms with Crippen molar-refractivity contribution >= 4 is 5.97 Å². The second-order valence-electron chi connectivity index (χ2n) is 4.72. The lowest BCUT2D eigenvalue weighted by Crippen LogP contribution is -2.25. The van der Waals surface area contributed by atoms with Gasteiger partial charge in [-0.25, -0.2) is 4.79 Å². The monoisotopic (exact) mass is 310 g/mol. The maximum Gasteiger partial charge on any atom is 0.333 e. The molecule has 22 heavy (non-hydrogen) atoms. The minimum Gasteiger partial charge on any atom is -0.491 e. The van der Waals surface area contributed by atoms with Crippen LogP contribution in [0.2, 0.25) is 0 Å². The quantitative estimate of drug-likeness (QED) is 0.426. The summed E-state index contributed by atoms with van der Waals surface area (Å²) in [5.74, 6) is 0.0496. The predicted molar refractivity (Wildman–Crippen MR) is 80.5 cm³/mol. The molecule has 0 spiro atoms. The summed E-state index contributed by atoms with van der Waals surface area (Å²) in [6, 6.07) is 7.10. The van der Waals surface area contributed by atoms with Crippen LogP contribution in [0.5, 0.6) is 5.75 Å². The topological polar surface area (TPSA) is 74.2 Å². The lowest BCUT2D eigenvalue weighted by molar-refractivity contribution is -0.142. The molecule has 0 aliphatic carbocycles. The van der Waals surface area contributed by atoms with Crippen molar-refractivity contribution in [1.82, 2.24) is 0 Å². The number of esters is 1. The maximum atomic E-state index is 11.2. The molecule has 0 saturated carbocycles. The molecular formula is C16H22O6. The maximum absolute atomic E-state index is 11.2. The second kappa shape index (κ2) is 9.19. The fourth-order valence-electron chi connectivity index (χ4n) is 1.63. The largest absolute Gasteiger partial charge is 0.491 e. The van der Waals surface area contributed by atoms with E-state index in [1.54, 1.807) is 45.4 Å². The SMILES string of the molecule is C=C(C)C(=O)OCC(O)COc1ccc(C(OC)OC)cc1. The second-order valence-corrected chi connectivity index (χ2v) is 4.72. The van der Waals surface area contributed by atoms with E-state index in [-0.39, 0.29) is 18.8 Å². The first kappa shape index (κ1) is 18.2. The summed E-state index contributed by atoms with van der Waals surface area (Å²) >= 11 is 0. The van der Waals surface area contributed by atoms with E-state index in [9.17, 15) is 9.90 Å². The van der Waals surface area contributed by atoms with Crippen LogP contribution in [0.25, 0.3) is 0 Å². The Morgan fingerprint density at radius 3 is 2.27 bits per heavy atom. The lowest BCUT2D eigenvalue weighted by Gasteiger charge is -2.15. The molecule has 6 nitrogen and oxygen atoms in total. The normalized spacial score (nSPS) is 12.0. The Morgan fingerprint density at radius 2 is 1.77 bits per heavy atom. The molecular weight excluding hydrogens is 288 g/mol. The molecule has 1 unspecified atom stereocenters. The highest BCUT2D eigenvalue weighted by molar-refractivity contribution is 5.86. The highest BCUT2D eigenvalue weighted by Gasteiger charge is 2.11. The van der Waals surface area contributed by atoms with E-state index in [1.165, 1.54) is 0 Å². The summed E-state index contributed by atoms with van der Waals surface area (Å²) in [7, 11) is 3.11. The summed E-state index contributed by atoms with van der Waals surface area (Å²) in [6.07, 6.45) is -1.34. The van der Waals surface area contributed by atoms with Crippen LogP contribution in [-0.2, 0) is 19.0 Å². The van der Waals surface area contributed by atoms with Gasteiger partial charge in [0.15, 0.2) is 6.29 Å². The summed E-state index contributed by atoms with van der Waals surface area (Å²) in [4.78, 5) is 11.2. The zero-order valence-corrected chi connectivity index (χ0v) is 13.1. The molecule has 0 bridgehead atoms. The molecule has 0 aromatic heterocycles. The Kier molecular flexibility index (Phi) is 7.59. The molecule has 0 radical (unpaired) electrons.